The number of amides is 2. The Hall–Kier alpha value is -4.80. The van der Waals surface area contributed by atoms with Crippen molar-refractivity contribution in [3.63, 3.8) is 0 Å². The molecule has 0 radical (unpaired) electrons. The molecule has 0 spiro atoms. The summed E-state index contributed by atoms with van der Waals surface area (Å²) in [6, 6.07) is 23.0. The summed E-state index contributed by atoms with van der Waals surface area (Å²) in [5, 5.41) is 6.45. The fraction of sp³-hybridized carbons (Fsp3) is 0.258. The molecule has 0 bridgehead atoms. The average molecular weight is 580 g/mol. The minimum Gasteiger partial charge on any atom is -0.490 e. The Bertz CT molecular complexity index is 1500. The number of halogens is 3. The second kappa shape index (κ2) is 12.8. The Kier molecular flexibility index (Phi) is 8.75. The van der Waals surface area contributed by atoms with Crippen molar-refractivity contribution in [1.82, 2.24) is 15.4 Å². The van der Waals surface area contributed by atoms with Crippen LogP contribution in [0.5, 0.6) is 11.5 Å². The highest BCUT2D eigenvalue weighted by Gasteiger charge is 2.30. The topological polar surface area (TPSA) is 93.9 Å². The molecule has 42 heavy (non-hydrogen) atoms. The van der Waals surface area contributed by atoms with Gasteiger partial charge >= 0.3 is 6.18 Å². The van der Waals surface area contributed by atoms with Gasteiger partial charge in [-0.1, -0.05) is 47.6 Å². The Morgan fingerprint density at radius 3 is 2.36 bits per heavy atom. The van der Waals surface area contributed by atoms with Crippen molar-refractivity contribution in [2.45, 2.75) is 31.7 Å². The van der Waals surface area contributed by atoms with Crippen molar-refractivity contribution >= 4 is 11.8 Å². The van der Waals surface area contributed by atoms with Gasteiger partial charge in [-0.3, -0.25) is 9.59 Å². The Morgan fingerprint density at radius 2 is 1.64 bits per heavy atom. The number of aromatic nitrogens is 1. The SMILES string of the molecule is O=C(NCC(=O)N1CCC(Oc2ccc(C(F)(F)F)cc2)CC1)c1cc(-c2ccccc2OCc2ccccc2)on1. The largest absolute Gasteiger partial charge is 0.490 e. The molecule has 218 valence electrons. The van der Waals surface area contributed by atoms with Gasteiger partial charge in [0.2, 0.25) is 5.91 Å². The number of likely N-dealkylation sites (tertiary alicyclic amines) is 1. The second-order valence-electron chi connectivity index (χ2n) is 9.75. The number of alkyl halides is 3. The molecule has 11 heteroatoms. The number of nitrogens with one attached hydrogen (secondary N) is 1. The number of hydrogen-bond donors (Lipinski definition) is 1. The van der Waals surface area contributed by atoms with E-state index in [2.05, 4.69) is 10.5 Å². The fourth-order valence-corrected chi connectivity index (χ4v) is 4.54. The van der Waals surface area contributed by atoms with Gasteiger partial charge in [0.15, 0.2) is 11.5 Å². The molecule has 1 N–H and O–H groups in total. The van der Waals surface area contributed by atoms with Crippen molar-refractivity contribution in [1.29, 1.82) is 0 Å². The molecule has 3 aromatic carbocycles. The summed E-state index contributed by atoms with van der Waals surface area (Å²) in [6.07, 6.45) is -3.61. The van der Waals surface area contributed by atoms with Crippen LogP contribution >= 0.6 is 0 Å². The molecule has 2 amide bonds. The van der Waals surface area contributed by atoms with Gasteiger partial charge in [0.25, 0.3) is 5.91 Å². The number of piperidine rings is 1. The zero-order chi connectivity index (χ0) is 29.5. The monoisotopic (exact) mass is 579 g/mol. The first-order valence-corrected chi connectivity index (χ1v) is 13.4. The van der Waals surface area contributed by atoms with Gasteiger partial charge in [-0.2, -0.15) is 13.2 Å². The smallest absolute Gasteiger partial charge is 0.416 e. The number of hydrogen-bond acceptors (Lipinski definition) is 6. The molecule has 0 atom stereocenters. The predicted molar refractivity (Wildman–Crippen MR) is 147 cm³/mol. The van der Waals surface area contributed by atoms with Crippen LogP contribution in [0.25, 0.3) is 11.3 Å². The lowest BCUT2D eigenvalue weighted by Gasteiger charge is -2.32. The maximum atomic E-state index is 12.8. The van der Waals surface area contributed by atoms with Crippen LogP contribution in [0, 0.1) is 0 Å². The zero-order valence-corrected chi connectivity index (χ0v) is 22.5. The molecule has 1 saturated heterocycles. The summed E-state index contributed by atoms with van der Waals surface area (Å²) >= 11 is 0. The van der Waals surface area contributed by atoms with Crippen LogP contribution in [0.4, 0.5) is 13.2 Å². The lowest BCUT2D eigenvalue weighted by molar-refractivity contribution is -0.137. The summed E-state index contributed by atoms with van der Waals surface area (Å²) in [4.78, 5) is 27.0. The number of benzene rings is 3. The molecule has 0 saturated carbocycles. The van der Waals surface area contributed by atoms with E-state index in [-0.39, 0.29) is 24.2 Å². The molecule has 8 nitrogen and oxygen atoms in total. The zero-order valence-electron chi connectivity index (χ0n) is 22.5. The second-order valence-corrected chi connectivity index (χ2v) is 9.75. The molecular formula is C31H28F3N3O5. The summed E-state index contributed by atoms with van der Waals surface area (Å²) < 4.78 is 55.4. The van der Waals surface area contributed by atoms with E-state index >= 15 is 0 Å². The first kappa shape index (κ1) is 28.7. The minimum absolute atomic E-state index is 0.0271. The maximum absolute atomic E-state index is 12.8. The van der Waals surface area contributed by atoms with Crippen LogP contribution in [0.1, 0.15) is 34.5 Å². The lowest BCUT2D eigenvalue weighted by atomic mass is 10.1. The van der Waals surface area contributed by atoms with E-state index < -0.39 is 17.6 Å². The highest BCUT2D eigenvalue weighted by atomic mass is 19.4. The summed E-state index contributed by atoms with van der Waals surface area (Å²) in [5.74, 6) is 0.453. The first-order chi connectivity index (χ1) is 20.3. The van der Waals surface area contributed by atoms with Crippen LogP contribution < -0.4 is 14.8 Å². The molecule has 5 rings (SSSR count). The number of carbonyl (C=O) groups excluding carboxylic acids is 2. The van der Waals surface area contributed by atoms with Crippen LogP contribution in [0.15, 0.2) is 89.5 Å². The van der Waals surface area contributed by atoms with Gasteiger partial charge in [-0.05, 0) is 42.0 Å². The molecule has 1 aliphatic heterocycles. The molecule has 1 aliphatic rings. The maximum Gasteiger partial charge on any atom is 0.416 e. The Labute approximate surface area is 240 Å². The summed E-state index contributed by atoms with van der Waals surface area (Å²) in [6.45, 7) is 0.934. The van der Waals surface area contributed by atoms with Crippen molar-refractivity contribution < 1.29 is 36.8 Å². The Balaban J connectivity index is 1.09. The number of para-hydroxylation sites is 1. The first-order valence-electron chi connectivity index (χ1n) is 13.4. The molecule has 0 unspecified atom stereocenters. The van der Waals surface area contributed by atoms with E-state index in [0.717, 1.165) is 17.7 Å². The quantitative estimate of drug-likeness (QED) is 0.272. The van der Waals surface area contributed by atoms with Crippen molar-refractivity contribution in [3.05, 3.63) is 102 Å². The highest BCUT2D eigenvalue weighted by Crippen LogP contribution is 2.32. The van der Waals surface area contributed by atoms with Gasteiger partial charge in [0.05, 0.1) is 17.7 Å². The van der Waals surface area contributed by atoms with Crippen LogP contribution in [-0.4, -0.2) is 47.6 Å². The highest BCUT2D eigenvalue weighted by molar-refractivity contribution is 5.95. The normalized spacial score (nSPS) is 13.9. The van der Waals surface area contributed by atoms with Crippen molar-refractivity contribution in [2.75, 3.05) is 19.6 Å². The van der Waals surface area contributed by atoms with E-state index in [1.807, 2.05) is 42.5 Å². The Morgan fingerprint density at radius 1 is 0.952 bits per heavy atom. The van der Waals surface area contributed by atoms with Crippen molar-refractivity contribution in [2.24, 2.45) is 0 Å². The van der Waals surface area contributed by atoms with Crippen molar-refractivity contribution in [3.8, 4) is 22.8 Å². The molecule has 4 aromatic rings. The van der Waals surface area contributed by atoms with Gasteiger partial charge in [0.1, 0.15) is 24.2 Å². The molecule has 1 fully saturated rings. The van der Waals surface area contributed by atoms with Crippen LogP contribution in [-0.2, 0) is 17.6 Å². The summed E-state index contributed by atoms with van der Waals surface area (Å²) in [7, 11) is 0. The third-order valence-corrected chi connectivity index (χ3v) is 6.81. The number of rotatable bonds is 9. The van der Waals surface area contributed by atoms with Crippen LogP contribution in [0.3, 0.4) is 0 Å². The van der Waals surface area contributed by atoms with E-state index in [1.54, 1.807) is 17.0 Å². The van der Waals surface area contributed by atoms with Gasteiger partial charge < -0.3 is 24.2 Å². The standard InChI is InChI=1S/C31H28F3N3O5/c32-31(33,34)22-10-12-23(13-11-22)41-24-14-16-37(17-15-24)29(38)19-35-30(39)26-18-28(42-36-26)25-8-4-5-9-27(25)40-20-21-6-2-1-3-7-21/h1-13,18,24H,14-17,19-20H2,(H,35,39). The van der Waals surface area contributed by atoms with E-state index in [0.29, 0.717) is 55.4 Å². The molecule has 1 aromatic heterocycles. The van der Waals surface area contributed by atoms with E-state index in [4.69, 9.17) is 14.0 Å². The van der Waals surface area contributed by atoms with E-state index in [1.165, 1.54) is 18.2 Å². The van der Waals surface area contributed by atoms with Gasteiger partial charge in [-0.25, -0.2) is 0 Å². The third-order valence-electron chi connectivity index (χ3n) is 6.81. The number of carbonyl (C=O) groups is 2. The lowest BCUT2D eigenvalue weighted by Crippen LogP contribution is -2.46. The molecule has 2 heterocycles. The van der Waals surface area contributed by atoms with Gasteiger partial charge in [-0.15, -0.1) is 0 Å². The number of ether oxygens (including phenoxy) is 2. The molecule has 0 aliphatic carbocycles. The minimum atomic E-state index is -4.40. The molecular weight excluding hydrogens is 551 g/mol. The number of nitrogens with zero attached hydrogens (tertiary/aromatic N) is 2. The van der Waals surface area contributed by atoms with Gasteiger partial charge in [0, 0.05) is 32.0 Å². The third kappa shape index (κ3) is 7.28. The predicted octanol–water partition coefficient (Wildman–Crippen LogP) is 5.74. The summed E-state index contributed by atoms with van der Waals surface area (Å²) in [5.41, 5.74) is 0.930. The fourth-order valence-electron chi connectivity index (χ4n) is 4.54. The van der Waals surface area contributed by atoms with E-state index in [9.17, 15) is 22.8 Å². The van der Waals surface area contributed by atoms with Crippen LogP contribution in [0.2, 0.25) is 0 Å². The average Bonchev–Trinajstić information content (AvgIpc) is 3.50.